The summed E-state index contributed by atoms with van der Waals surface area (Å²) in [4.78, 5) is 32.1. The number of hydrazine groups is 2. The molecule has 1 fully saturated rings. The molecule has 14 heteroatoms. The lowest BCUT2D eigenvalue weighted by Crippen LogP contribution is -2.53. The number of rotatable bonds is 14. The smallest absolute Gasteiger partial charge is 0.186 e. The maximum atomic E-state index is 13.2. The monoisotopic (exact) mass is 746 g/mol. The Morgan fingerprint density at radius 1 is 1.24 bits per heavy atom. The highest BCUT2D eigenvalue weighted by molar-refractivity contribution is 9.18. The molecule has 49 heavy (non-hydrogen) atoms. The second kappa shape index (κ2) is 19.1. The Bertz CT molecular complexity index is 1480. The van der Waals surface area contributed by atoms with Gasteiger partial charge in [-0.1, -0.05) is 31.9 Å². The summed E-state index contributed by atoms with van der Waals surface area (Å²) in [5.41, 5.74) is 16.5. The zero-order chi connectivity index (χ0) is 36.1. The number of hydrogen-bond donors (Lipinski definition) is 7. The van der Waals surface area contributed by atoms with Crippen molar-refractivity contribution in [1.29, 1.82) is 0 Å². The fourth-order valence-corrected chi connectivity index (χ4v) is 7.45. The maximum absolute atomic E-state index is 13.2. The van der Waals surface area contributed by atoms with Gasteiger partial charge in [-0.2, -0.15) is 0 Å². The molecule has 7 N–H and O–H groups in total. The predicted octanol–water partition coefficient (Wildman–Crippen LogP) is 5.45. The lowest BCUT2D eigenvalue weighted by Gasteiger charge is -2.51. The zero-order valence-electron chi connectivity index (χ0n) is 29.4. The number of aliphatic hydroxyl groups excluding tert-OH is 1. The molecule has 12 nitrogen and oxygen atoms in total. The molecule has 0 bridgehead atoms. The molecule has 4 atom stereocenters. The fourth-order valence-electron chi connectivity index (χ4n) is 7.05. The van der Waals surface area contributed by atoms with E-state index in [1.54, 1.807) is 19.1 Å². The van der Waals surface area contributed by atoms with Crippen LogP contribution in [0, 0.1) is 23.1 Å². The summed E-state index contributed by atoms with van der Waals surface area (Å²) in [5, 5.41) is 25.1. The van der Waals surface area contributed by atoms with E-state index in [1.165, 1.54) is 12.4 Å². The fraction of sp³-hybridized carbons (Fsp3) is 0.543. The van der Waals surface area contributed by atoms with Gasteiger partial charge >= 0.3 is 0 Å². The normalized spacial score (nSPS) is 24.4. The summed E-state index contributed by atoms with van der Waals surface area (Å²) in [6.45, 7) is 8.78. The van der Waals surface area contributed by atoms with E-state index in [2.05, 4.69) is 59.9 Å². The average Bonchev–Trinajstić information content (AvgIpc) is 3.24. The van der Waals surface area contributed by atoms with Crippen LogP contribution in [0.15, 0.2) is 62.1 Å². The summed E-state index contributed by atoms with van der Waals surface area (Å²) in [6.07, 6.45) is 8.42. The number of hydrogen-bond acceptors (Lipinski definition) is 10. The largest absolute Gasteiger partial charge is 0.506 e. The van der Waals surface area contributed by atoms with E-state index < -0.39 is 5.41 Å². The molecule has 1 aliphatic heterocycles. The Labute approximate surface area is 297 Å². The number of halogens is 2. The number of aldehydes is 2. The van der Waals surface area contributed by atoms with Crippen LogP contribution in [0.5, 0.6) is 0 Å². The van der Waals surface area contributed by atoms with Crippen molar-refractivity contribution in [3.05, 3.63) is 63.5 Å². The highest BCUT2D eigenvalue weighted by atomic mass is 79.9. The summed E-state index contributed by atoms with van der Waals surface area (Å²) in [5.74, 6) is 0.281. The van der Waals surface area contributed by atoms with E-state index in [0.29, 0.717) is 47.5 Å². The number of nitrogens with one attached hydrogen (secondary N) is 5. The van der Waals surface area contributed by atoms with Crippen molar-refractivity contribution in [3.63, 3.8) is 0 Å². The number of carbonyl (C=O) groups excluding carboxylic acids is 2. The lowest BCUT2D eigenvalue weighted by molar-refractivity contribution is -0.109. The van der Waals surface area contributed by atoms with Crippen molar-refractivity contribution in [2.75, 3.05) is 32.5 Å². The highest BCUT2D eigenvalue weighted by Gasteiger charge is 2.56. The van der Waals surface area contributed by atoms with Gasteiger partial charge in [0, 0.05) is 49.1 Å². The third kappa shape index (κ3) is 9.85. The Kier molecular flexibility index (Phi) is 15.6. The molecule has 1 aromatic rings. The van der Waals surface area contributed by atoms with E-state index in [0.717, 1.165) is 60.7 Å². The number of likely N-dealkylation sites (N-methyl/N-ethyl adjacent to an activating group) is 1. The molecule has 1 saturated carbocycles. The molecule has 0 aromatic heterocycles. The first kappa shape index (κ1) is 40.0. The van der Waals surface area contributed by atoms with Gasteiger partial charge in [-0.3, -0.25) is 10.2 Å². The molecule has 270 valence electrons. The standard InChI is InChI=1S/C25H38BrN7O4.C10H14FN/c1-15-12-29-30-17(3)23(36)18(15)7-8-25(19-5-6-21(19)32-37)16(2)11-22(20(25)13-35)27-14-28-24(26)31-33(4)9-10-34;1-3-4-8-5-6-9(12-2)7-10(8)11/h10,13-14,16,19,21,29-30,32,36-37H,5-9,11-12H2,1-4H3,(H,27,28,31);5-7,12H,3-4H2,1-2H3/t16-,19?,21?,25-;/m1./s1. The number of hydroxylamine groups is 1. The number of carbonyl (C=O) groups is 2. The van der Waals surface area contributed by atoms with Crippen LogP contribution >= 0.6 is 15.9 Å². The highest BCUT2D eigenvalue weighted by Crippen LogP contribution is 2.60. The van der Waals surface area contributed by atoms with Gasteiger partial charge < -0.3 is 25.9 Å². The maximum Gasteiger partial charge on any atom is 0.186 e. The molecule has 4 rings (SSSR count). The zero-order valence-corrected chi connectivity index (χ0v) is 31.0. The van der Waals surface area contributed by atoms with E-state index in [1.807, 2.05) is 32.9 Å². The number of aliphatic hydroxyl groups is 1. The molecule has 3 aliphatic rings. The van der Waals surface area contributed by atoms with Crippen molar-refractivity contribution in [3.8, 4) is 0 Å². The average molecular weight is 748 g/mol. The van der Waals surface area contributed by atoms with Crippen molar-refractivity contribution >= 4 is 45.3 Å². The van der Waals surface area contributed by atoms with Crippen LogP contribution in [-0.2, 0) is 16.0 Å². The van der Waals surface area contributed by atoms with Gasteiger partial charge in [-0.15, -0.1) is 0 Å². The number of allylic oxidation sites excluding steroid dienone is 4. The lowest BCUT2D eigenvalue weighted by atomic mass is 9.54. The van der Waals surface area contributed by atoms with E-state index in [9.17, 15) is 24.3 Å². The summed E-state index contributed by atoms with van der Waals surface area (Å²) in [7, 11) is 3.49. The molecule has 2 aliphatic carbocycles. The third-order valence-electron chi connectivity index (χ3n) is 9.86. The van der Waals surface area contributed by atoms with Crippen LogP contribution in [0.3, 0.4) is 0 Å². The van der Waals surface area contributed by atoms with Gasteiger partial charge in [0.1, 0.15) is 30.5 Å². The Balaban J connectivity index is 0.000000456. The number of aryl methyl sites for hydroxylation is 1. The number of benzene rings is 1. The molecule has 0 saturated heterocycles. The first-order valence-corrected chi connectivity index (χ1v) is 17.6. The molecule has 2 unspecified atom stereocenters. The predicted molar refractivity (Wildman–Crippen MR) is 196 cm³/mol. The van der Waals surface area contributed by atoms with E-state index in [4.69, 9.17) is 0 Å². The minimum Gasteiger partial charge on any atom is -0.506 e. The van der Waals surface area contributed by atoms with Crippen molar-refractivity contribution in [2.24, 2.45) is 27.2 Å². The first-order chi connectivity index (χ1) is 23.5. The quantitative estimate of drug-likeness (QED) is 0.0429. The van der Waals surface area contributed by atoms with Gasteiger partial charge in [-0.05, 0) is 103 Å². The van der Waals surface area contributed by atoms with Gasteiger partial charge in [0.05, 0.1) is 12.2 Å². The molecule has 0 amide bonds. The van der Waals surface area contributed by atoms with E-state index in [-0.39, 0.29) is 36.0 Å². The van der Waals surface area contributed by atoms with Gasteiger partial charge in [0.15, 0.2) is 4.74 Å². The number of aliphatic imine (C=N–C) groups is 2. The molecular formula is C35H52BrFN8O4. The second-order valence-electron chi connectivity index (χ2n) is 12.9. The van der Waals surface area contributed by atoms with Gasteiger partial charge in [0.2, 0.25) is 0 Å². The Morgan fingerprint density at radius 3 is 2.59 bits per heavy atom. The first-order valence-electron chi connectivity index (χ1n) is 16.8. The number of anilines is 1. The molecule has 0 spiro atoms. The SMILES string of the molecule is CC1=C(CC[C@@]2(C3CCC3NO)C(C=O)=C(N=CN=C(Br)NN(C)CC=O)C[C@H]2C)C(O)=C(C)NNC1.CCCc1ccc(NC)cc1F. The third-order valence-corrected chi connectivity index (χ3v) is 10.2. The van der Waals surface area contributed by atoms with Crippen LogP contribution < -0.4 is 27.1 Å². The minimum atomic E-state index is -0.509. The van der Waals surface area contributed by atoms with Crippen LogP contribution in [0.4, 0.5) is 10.1 Å². The van der Waals surface area contributed by atoms with Crippen LogP contribution in [0.25, 0.3) is 0 Å². The van der Waals surface area contributed by atoms with Crippen LogP contribution in [-0.4, -0.2) is 72.2 Å². The molecule has 1 aromatic carbocycles. The Hall–Kier alpha value is -3.43. The van der Waals surface area contributed by atoms with Gasteiger partial charge in [0.25, 0.3) is 0 Å². The molecule has 0 radical (unpaired) electrons. The summed E-state index contributed by atoms with van der Waals surface area (Å²) >= 11 is 3.30. The van der Waals surface area contributed by atoms with Crippen molar-refractivity contribution in [2.45, 2.75) is 78.7 Å². The summed E-state index contributed by atoms with van der Waals surface area (Å²) in [6, 6.07) is 5.16. The molecule has 1 heterocycles. The number of nitrogens with zero attached hydrogens (tertiary/aromatic N) is 3. The van der Waals surface area contributed by atoms with Crippen LogP contribution in [0.1, 0.15) is 71.8 Å². The van der Waals surface area contributed by atoms with Crippen molar-refractivity contribution < 1.29 is 24.3 Å². The van der Waals surface area contributed by atoms with Crippen molar-refractivity contribution in [1.82, 2.24) is 26.8 Å². The topological polar surface area (TPSA) is 163 Å². The second-order valence-corrected chi connectivity index (χ2v) is 13.6. The van der Waals surface area contributed by atoms with Crippen LogP contribution in [0.2, 0.25) is 0 Å². The minimum absolute atomic E-state index is 0.0597. The van der Waals surface area contributed by atoms with E-state index >= 15 is 0 Å². The summed E-state index contributed by atoms with van der Waals surface area (Å²) < 4.78 is 13.6. The molecular weight excluding hydrogens is 695 g/mol. The Morgan fingerprint density at radius 2 is 2.00 bits per heavy atom. The van der Waals surface area contributed by atoms with Gasteiger partial charge in [-0.25, -0.2) is 30.3 Å². The number of amidine groups is 1.